The number of anilines is 5. The molecule has 0 saturated heterocycles. The van der Waals surface area contributed by atoms with Gasteiger partial charge in [0, 0.05) is 43.0 Å². The van der Waals surface area contributed by atoms with Gasteiger partial charge in [-0.3, -0.25) is 14.2 Å². The first kappa shape index (κ1) is 24.7. The number of aryl methyl sites for hydroxylation is 2. The minimum absolute atomic E-state index is 0.117. The third kappa shape index (κ3) is 4.60. The number of rotatable bonds is 2. The summed E-state index contributed by atoms with van der Waals surface area (Å²) in [4.78, 5) is 39.8. The maximum Gasteiger partial charge on any atom is 0.276 e. The van der Waals surface area contributed by atoms with Gasteiger partial charge in [-0.15, -0.1) is 0 Å². The Morgan fingerprint density at radius 3 is 2.79 bits per heavy atom. The number of pyridine rings is 1. The molecule has 2 aromatic carbocycles. The number of ether oxygens (including phenoxy) is 1. The van der Waals surface area contributed by atoms with E-state index < -0.39 is 0 Å². The van der Waals surface area contributed by atoms with E-state index in [9.17, 15) is 9.59 Å². The molecule has 9 nitrogen and oxygen atoms in total. The number of carbonyl (C=O) groups is 1. The lowest BCUT2D eigenvalue weighted by molar-refractivity contribution is -0.114. The number of hydrogen-bond acceptors (Lipinski definition) is 7. The molecule has 1 N–H and O–H groups in total. The summed E-state index contributed by atoms with van der Waals surface area (Å²) >= 11 is 0. The molecular formula is C30H30N6O3. The highest BCUT2D eigenvalue weighted by Crippen LogP contribution is 2.39. The molecule has 0 saturated carbocycles. The van der Waals surface area contributed by atoms with Crippen molar-refractivity contribution in [2.45, 2.75) is 32.7 Å². The molecular weight excluding hydrogens is 492 g/mol. The minimum Gasteiger partial charge on any atom is -0.494 e. The van der Waals surface area contributed by atoms with Gasteiger partial charge in [0.1, 0.15) is 17.1 Å². The molecule has 2 aliphatic rings. The Morgan fingerprint density at radius 1 is 1.05 bits per heavy atom. The molecule has 4 bridgehead atoms. The summed E-state index contributed by atoms with van der Waals surface area (Å²) in [5.74, 6) is 1.05. The van der Waals surface area contributed by atoms with Gasteiger partial charge in [-0.2, -0.15) is 4.98 Å². The topological polar surface area (TPSA) is 92.6 Å². The number of amides is 1. The summed E-state index contributed by atoms with van der Waals surface area (Å²) in [5.41, 5.74) is 4.41. The molecule has 6 rings (SSSR count). The van der Waals surface area contributed by atoms with Crippen molar-refractivity contribution in [3.63, 3.8) is 0 Å². The number of fused-ring (bicyclic) bond motifs is 4. The molecule has 39 heavy (non-hydrogen) atoms. The van der Waals surface area contributed by atoms with Crippen molar-refractivity contribution >= 4 is 45.6 Å². The van der Waals surface area contributed by atoms with Gasteiger partial charge in [0.2, 0.25) is 5.95 Å². The van der Waals surface area contributed by atoms with Gasteiger partial charge in [0.25, 0.3) is 11.5 Å². The van der Waals surface area contributed by atoms with E-state index in [0.29, 0.717) is 43.5 Å². The Labute approximate surface area is 226 Å². The maximum atomic E-state index is 14.1. The van der Waals surface area contributed by atoms with Crippen LogP contribution in [0.3, 0.4) is 0 Å². The minimum atomic E-state index is -0.155. The predicted octanol–water partition coefficient (Wildman–Crippen LogP) is 5.08. The molecule has 0 atom stereocenters. The molecule has 0 fully saturated rings. The lowest BCUT2D eigenvalue weighted by Crippen LogP contribution is -2.44. The summed E-state index contributed by atoms with van der Waals surface area (Å²) in [7, 11) is 0. The van der Waals surface area contributed by atoms with Crippen LogP contribution in [0.15, 0.2) is 72.2 Å². The molecule has 1 amide bonds. The number of aromatic nitrogens is 3. The SMILES string of the molecule is C=CC(=O)N1CCN(c2cc3cnc4nc3n(c2=O)CCCCCOc2cccc(c2)N4)c2cccc(C)c21. The monoisotopic (exact) mass is 522 g/mol. The van der Waals surface area contributed by atoms with Gasteiger partial charge >= 0.3 is 0 Å². The van der Waals surface area contributed by atoms with E-state index in [1.54, 1.807) is 15.7 Å². The summed E-state index contributed by atoms with van der Waals surface area (Å²) in [6, 6.07) is 15.5. The highest BCUT2D eigenvalue weighted by atomic mass is 16.5. The van der Waals surface area contributed by atoms with Crippen LogP contribution in [0.2, 0.25) is 0 Å². The molecule has 4 aromatic rings. The van der Waals surface area contributed by atoms with Crippen LogP contribution in [0.1, 0.15) is 24.8 Å². The Hall–Kier alpha value is -4.66. The lowest BCUT2D eigenvalue weighted by Gasteiger charge is -2.38. The van der Waals surface area contributed by atoms with Crippen molar-refractivity contribution in [1.82, 2.24) is 14.5 Å². The second-order valence-electron chi connectivity index (χ2n) is 9.81. The van der Waals surface area contributed by atoms with E-state index in [1.807, 2.05) is 60.4 Å². The summed E-state index contributed by atoms with van der Waals surface area (Å²) < 4.78 is 7.67. The van der Waals surface area contributed by atoms with Gasteiger partial charge in [0.05, 0.1) is 18.0 Å². The lowest BCUT2D eigenvalue weighted by atomic mass is 10.1. The second-order valence-corrected chi connectivity index (χ2v) is 9.81. The van der Waals surface area contributed by atoms with E-state index in [0.717, 1.165) is 53.0 Å². The predicted molar refractivity (Wildman–Crippen MR) is 154 cm³/mol. The fourth-order valence-corrected chi connectivity index (χ4v) is 5.36. The number of nitrogens with one attached hydrogen (secondary N) is 1. The van der Waals surface area contributed by atoms with E-state index in [1.165, 1.54) is 6.08 Å². The van der Waals surface area contributed by atoms with Crippen LogP contribution in [0.25, 0.3) is 11.0 Å². The van der Waals surface area contributed by atoms with E-state index in [4.69, 9.17) is 9.72 Å². The molecule has 198 valence electrons. The first-order valence-corrected chi connectivity index (χ1v) is 13.2. The third-order valence-electron chi connectivity index (χ3n) is 7.25. The molecule has 4 heterocycles. The Balaban J connectivity index is 1.48. The molecule has 0 spiro atoms. The van der Waals surface area contributed by atoms with Crippen LogP contribution in [0.4, 0.5) is 28.7 Å². The summed E-state index contributed by atoms with van der Waals surface area (Å²) in [6.07, 6.45) is 5.70. The van der Waals surface area contributed by atoms with Crippen molar-refractivity contribution in [2.24, 2.45) is 0 Å². The standard InChI is InChI=1S/C30H30N6O3/c1-3-26(37)35-15-14-34(24-12-7-9-20(2)27(24)35)25-17-21-19-31-30-32-22-10-8-11-23(18-22)39-16-6-4-5-13-36(29(25)38)28(21)33-30/h3,7-12,17-19H,1,4-6,13-16H2,2H3,(H,31,32,33). The zero-order chi connectivity index (χ0) is 26.9. The quantitative estimate of drug-likeness (QED) is 0.367. The number of carbonyl (C=O) groups excluding carboxylic acids is 1. The first-order valence-electron chi connectivity index (χ1n) is 13.2. The van der Waals surface area contributed by atoms with Gasteiger partial charge in [-0.25, -0.2) is 4.98 Å². The second kappa shape index (κ2) is 10.2. The van der Waals surface area contributed by atoms with Crippen LogP contribution >= 0.6 is 0 Å². The molecule has 2 aliphatic heterocycles. The highest BCUT2D eigenvalue weighted by Gasteiger charge is 2.30. The summed E-state index contributed by atoms with van der Waals surface area (Å²) in [5, 5.41) is 4.02. The summed E-state index contributed by atoms with van der Waals surface area (Å²) in [6.45, 7) is 7.70. The normalized spacial score (nSPS) is 15.2. The largest absolute Gasteiger partial charge is 0.494 e. The van der Waals surface area contributed by atoms with Crippen molar-refractivity contribution in [3.8, 4) is 5.75 Å². The highest BCUT2D eigenvalue weighted by molar-refractivity contribution is 6.05. The van der Waals surface area contributed by atoms with Gasteiger partial charge in [-0.05, 0) is 62.1 Å². The van der Waals surface area contributed by atoms with Crippen LogP contribution in [-0.4, -0.2) is 40.1 Å². The fraction of sp³-hybridized carbons (Fsp3) is 0.267. The molecule has 0 aliphatic carbocycles. The zero-order valence-corrected chi connectivity index (χ0v) is 21.9. The number of para-hydroxylation sites is 1. The fourth-order valence-electron chi connectivity index (χ4n) is 5.36. The Morgan fingerprint density at radius 2 is 1.92 bits per heavy atom. The number of hydrogen-bond donors (Lipinski definition) is 1. The molecule has 0 radical (unpaired) electrons. The van der Waals surface area contributed by atoms with Crippen molar-refractivity contribution in [3.05, 3.63) is 83.3 Å². The number of benzene rings is 2. The van der Waals surface area contributed by atoms with Crippen LogP contribution in [0.5, 0.6) is 5.75 Å². The zero-order valence-electron chi connectivity index (χ0n) is 21.9. The number of nitrogens with zero attached hydrogens (tertiary/aromatic N) is 5. The van der Waals surface area contributed by atoms with Crippen molar-refractivity contribution in [1.29, 1.82) is 0 Å². The smallest absolute Gasteiger partial charge is 0.276 e. The Kier molecular flexibility index (Phi) is 6.48. The third-order valence-corrected chi connectivity index (χ3v) is 7.25. The van der Waals surface area contributed by atoms with Gasteiger partial charge < -0.3 is 19.9 Å². The average Bonchev–Trinajstić information content (AvgIpc) is 2.95. The Bertz CT molecular complexity index is 1650. The maximum absolute atomic E-state index is 14.1. The van der Waals surface area contributed by atoms with E-state index >= 15 is 0 Å². The molecule has 0 unspecified atom stereocenters. The molecule has 2 aromatic heterocycles. The molecule has 9 heteroatoms. The van der Waals surface area contributed by atoms with Gasteiger partial charge in [0.15, 0.2) is 0 Å². The van der Waals surface area contributed by atoms with Gasteiger partial charge in [-0.1, -0.05) is 24.8 Å². The van der Waals surface area contributed by atoms with Crippen LogP contribution < -0.4 is 25.4 Å². The van der Waals surface area contributed by atoms with E-state index in [2.05, 4.69) is 16.9 Å². The van der Waals surface area contributed by atoms with Crippen molar-refractivity contribution in [2.75, 3.05) is 34.8 Å². The first-order chi connectivity index (χ1) is 19.0. The van der Waals surface area contributed by atoms with E-state index in [-0.39, 0.29) is 11.5 Å². The van der Waals surface area contributed by atoms with Crippen LogP contribution in [-0.2, 0) is 11.3 Å². The average molecular weight is 523 g/mol. The van der Waals surface area contributed by atoms with Crippen LogP contribution in [0, 0.1) is 6.92 Å². The van der Waals surface area contributed by atoms with Crippen molar-refractivity contribution < 1.29 is 9.53 Å².